The van der Waals surface area contributed by atoms with E-state index in [-0.39, 0.29) is 34.6 Å². The van der Waals surface area contributed by atoms with Gasteiger partial charge in [0.1, 0.15) is 53.8 Å². The van der Waals surface area contributed by atoms with Gasteiger partial charge in [0.2, 0.25) is 0 Å². The predicted octanol–water partition coefficient (Wildman–Crippen LogP) is 11.5. The highest BCUT2D eigenvalue weighted by atomic mass is 28.4. The molecule has 7 N–H and O–H groups in total. The number of aliphatic hydroxyl groups is 2. The highest BCUT2D eigenvalue weighted by Crippen LogP contribution is 2.40. The zero-order valence-electron chi connectivity index (χ0n) is 58.2. The molecule has 21 nitrogen and oxygen atoms in total. The molecular formula is C65H114N12O9Si. The quantitative estimate of drug-likeness (QED) is 0.0273. The highest BCUT2D eigenvalue weighted by Gasteiger charge is 2.40. The molecule has 0 saturated carbocycles. The summed E-state index contributed by atoms with van der Waals surface area (Å²) in [6, 6.07) is 0. The Hall–Kier alpha value is -4.88. The molecule has 6 aromatic heterocycles. The van der Waals surface area contributed by atoms with Gasteiger partial charge in [-0.3, -0.25) is 0 Å². The van der Waals surface area contributed by atoms with Gasteiger partial charge in [0.05, 0.1) is 49.6 Å². The molecule has 87 heavy (non-hydrogen) atoms. The number of anilines is 3. The summed E-state index contributed by atoms with van der Waals surface area (Å²) in [5.74, 6) is 4.15. The summed E-state index contributed by atoms with van der Waals surface area (Å²) in [5.41, 5.74) is 22.4. The Labute approximate surface area is 521 Å². The fourth-order valence-electron chi connectivity index (χ4n) is 11.0. The normalized spacial score (nSPS) is 14.7. The van der Waals surface area contributed by atoms with Crippen molar-refractivity contribution >= 4 is 58.9 Å². The van der Waals surface area contributed by atoms with E-state index < -0.39 is 19.1 Å². The van der Waals surface area contributed by atoms with Crippen molar-refractivity contribution in [3.05, 3.63) is 51.2 Å². The summed E-state index contributed by atoms with van der Waals surface area (Å²) >= 11 is 0. The van der Waals surface area contributed by atoms with Gasteiger partial charge in [0.15, 0.2) is 25.8 Å². The molecule has 1 unspecified atom stereocenters. The molecule has 0 fully saturated rings. The zero-order valence-corrected chi connectivity index (χ0v) is 59.2. The lowest BCUT2D eigenvalue weighted by Gasteiger charge is -2.40. The number of nitrogens with one attached hydrogen (secondary N) is 1. The first-order chi connectivity index (χ1) is 40.4. The number of rotatable bonds is 29. The van der Waals surface area contributed by atoms with Crippen molar-refractivity contribution in [2.24, 2.45) is 21.7 Å². The molecular weight excluding hydrogens is 1120 g/mol. The van der Waals surface area contributed by atoms with Crippen molar-refractivity contribution in [3.63, 3.8) is 0 Å². The molecule has 0 aromatic carbocycles. The number of fused-ring (bicyclic) bond motifs is 3. The standard InChI is InChI=1S/C31H58N4O3Si.2C17H28N4O3/c1-16-37-17-24-33-25-26(22(2)23(3)32-27(25)34-30(10,11)18-28(4,5)6)35(24)19-31(12,20-36-13)21-38-39(14,15)29(7,8)9;2*1-6-24-7-13-20-14-15(11(2)12(3)19-16(14)18)21(13)8-17(4,9-22)10-23-5/h16-21H2,1-15H3,(H,32,34);2*22H,6-10H2,1-5H3,(H2,18,19)/t;2*17-/m.10/s1. The molecule has 6 aromatic rings. The second-order valence-electron chi connectivity index (χ2n) is 28.3. The van der Waals surface area contributed by atoms with Crippen LogP contribution < -0.4 is 16.8 Å². The van der Waals surface area contributed by atoms with Gasteiger partial charge in [-0.2, -0.15) is 0 Å². The Morgan fingerprint density at radius 2 is 0.816 bits per heavy atom. The van der Waals surface area contributed by atoms with Gasteiger partial charge in [0, 0.05) is 106 Å². The van der Waals surface area contributed by atoms with E-state index in [0.29, 0.717) is 108 Å². The zero-order chi connectivity index (χ0) is 65.8. The van der Waals surface area contributed by atoms with Crippen molar-refractivity contribution in [2.45, 2.75) is 208 Å². The van der Waals surface area contributed by atoms with Crippen LogP contribution in [-0.4, -0.2) is 148 Å². The lowest BCUT2D eigenvalue weighted by atomic mass is 9.82. The minimum absolute atomic E-state index is 0.00713. The fraction of sp³-hybridized carbons (Fsp3) is 0.723. The molecule has 0 saturated heterocycles. The summed E-state index contributed by atoms with van der Waals surface area (Å²) in [5, 5.41) is 23.6. The van der Waals surface area contributed by atoms with Crippen LogP contribution in [0.25, 0.3) is 33.1 Å². The van der Waals surface area contributed by atoms with Gasteiger partial charge in [-0.15, -0.1) is 0 Å². The molecule has 22 heteroatoms. The molecule has 0 aliphatic heterocycles. The Morgan fingerprint density at radius 3 is 1.15 bits per heavy atom. The molecule has 0 aliphatic rings. The van der Waals surface area contributed by atoms with Crippen LogP contribution in [0.3, 0.4) is 0 Å². The van der Waals surface area contributed by atoms with Crippen molar-refractivity contribution in [1.82, 2.24) is 43.6 Å². The first-order valence-electron chi connectivity index (χ1n) is 30.8. The van der Waals surface area contributed by atoms with Gasteiger partial charge < -0.3 is 73.5 Å². The third kappa shape index (κ3) is 19.1. The van der Waals surface area contributed by atoms with E-state index in [1.165, 1.54) is 0 Å². The van der Waals surface area contributed by atoms with Gasteiger partial charge in [-0.05, 0) is 123 Å². The van der Waals surface area contributed by atoms with E-state index in [0.717, 1.165) is 85.6 Å². The third-order valence-corrected chi connectivity index (χ3v) is 21.1. The maximum Gasteiger partial charge on any atom is 0.192 e. The number of hydrogen-bond donors (Lipinski definition) is 5. The molecule has 6 rings (SSSR count). The van der Waals surface area contributed by atoms with Crippen LogP contribution in [0.15, 0.2) is 0 Å². The molecule has 6 heterocycles. The van der Waals surface area contributed by atoms with E-state index in [4.69, 9.17) is 54.3 Å². The van der Waals surface area contributed by atoms with Crippen LogP contribution in [0.2, 0.25) is 18.1 Å². The number of ether oxygens (including phenoxy) is 6. The van der Waals surface area contributed by atoms with E-state index >= 15 is 0 Å². The van der Waals surface area contributed by atoms with Crippen molar-refractivity contribution in [2.75, 3.05) is 97.6 Å². The maximum atomic E-state index is 9.85. The highest BCUT2D eigenvalue weighted by molar-refractivity contribution is 6.74. The number of aromatic nitrogens is 9. The summed E-state index contributed by atoms with van der Waals surface area (Å²) in [6.07, 6.45) is 0.999. The third-order valence-electron chi connectivity index (χ3n) is 16.6. The molecule has 3 atom stereocenters. The number of imidazole rings is 3. The second kappa shape index (κ2) is 30.8. The molecule has 0 spiro atoms. The van der Waals surface area contributed by atoms with Crippen LogP contribution in [0, 0.1) is 63.2 Å². The first kappa shape index (κ1) is 74.6. The van der Waals surface area contributed by atoms with E-state index in [1.807, 2.05) is 62.3 Å². The van der Waals surface area contributed by atoms with Gasteiger partial charge in [-0.25, -0.2) is 29.9 Å². The van der Waals surface area contributed by atoms with E-state index in [2.05, 4.69) is 128 Å². The average molecular weight is 1240 g/mol. The minimum Gasteiger partial charge on any atom is -0.416 e. The number of aryl methyl sites for hydroxylation is 6. The van der Waals surface area contributed by atoms with Crippen molar-refractivity contribution in [1.29, 1.82) is 0 Å². The number of hydrogen-bond acceptors (Lipinski definition) is 18. The number of nitrogens with two attached hydrogens (primary N) is 2. The fourth-order valence-corrected chi connectivity index (χ4v) is 12.1. The number of nitrogens with zero attached hydrogens (tertiary/aromatic N) is 9. The Bertz CT molecular complexity index is 3080. The maximum absolute atomic E-state index is 9.85. The number of nitrogen functional groups attached to an aromatic ring is 2. The SMILES string of the molecule is CCOCc1nc2c(N)nc(C)c(C)c2n1C[C@@](C)(CO)COC.CCOCc1nc2c(N)nc(C)c(C)c2n1C[C@](C)(CO)COC.CCOCc1nc2c(NC(C)(C)CC(C)(C)C)nc(C)c(C)c2n1CC(C)(COC)CO[Si](C)(C)C(C)(C)C. The Kier molecular flexibility index (Phi) is 26.4. The summed E-state index contributed by atoms with van der Waals surface area (Å²) in [6.45, 7) is 54.0. The van der Waals surface area contributed by atoms with E-state index in [1.54, 1.807) is 21.3 Å². The molecule has 0 aliphatic carbocycles. The molecule has 0 amide bonds. The van der Waals surface area contributed by atoms with Gasteiger partial charge >= 0.3 is 0 Å². The summed E-state index contributed by atoms with van der Waals surface area (Å²) in [4.78, 5) is 28.2. The van der Waals surface area contributed by atoms with Crippen LogP contribution >= 0.6 is 0 Å². The van der Waals surface area contributed by atoms with Gasteiger partial charge in [-0.1, -0.05) is 62.3 Å². The lowest BCUT2D eigenvalue weighted by molar-refractivity contribution is 0.0289. The van der Waals surface area contributed by atoms with E-state index in [9.17, 15) is 10.2 Å². The topological polar surface area (TPSA) is 261 Å². The second-order valence-corrected chi connectivity index (χ2v) is 33.1. The monoisotopic (exact) mass is 1230 g/mol. The lowest BCUT2D eigenvalue weighted by Crippen LogP contribution is -2.45. The summed E-state index contributed by atoms with van der Waals surface area (Å²) in [7, 11) is 3.12. The minimum atomic E-state index is -1.93. The van der Waals surface area contributed by atoms with Crippen LogP contribution in [0.1, 0.15) is 155 Å². The van der Waals surface area contributed by atoms with Crippen LogP contribution in [-0.2, 0) is 72.3 Å². The number of pyridine rings is 3. The molecule has 492 valence electrons. The molecule has 0 radical (unpaired) electrons. The average Bonchev–Trinajstić information content (AvgIpc) is 1.69. The summed E-state index contributed by atoms with van der Waals surface area (Å²) < 4.78 is 46.7. The largest absolute Gasteiger partial charge is 0.416 e. The van der Waals surface area contributed by atoms with Crippen LogP contribution in [0.4, 0.5) is 17.5 Å². The Morgan fingerprint density at radius 1 is 0.483 bits per heavy atom. The van der Waals surface area contributed by atoms with Gasteiger partial charge in [0.25, 0.3) is 0 Å². The van der Waals surface area contributed by atoms with Crippen LogP contribution in [0.5, 0.6) is 0 Å². The molecule has 0 bridgehead atoms. The predicted molar refractivity (Wildman–Crippen MR) is 355 cm³/mol. The first-order valence-corrected chi connectivity index (χ1v) is 33.7. The smallest absolute Gasteiger partial charge is 0.192 e. The number of aliphatic hydroxyl groups excluding tert-OH is 2. The van der Waals surface area contributed by atoms with Crippen molar-refractivity contribution in [3.8, 4) is 0 Å². The number of methoxy groups -OCH3 is 3. The Balaban J connectivity index is 0.000000293. The van der Waals surface area contributed by atoms with Crippen molar-refractivity contribution < 1.29 is 43.1 Å².